The number of piperazine rings is 1. The van der Waals surface area contributed by atoms with Crippen LogP contribution in [0.25, 0.3) is 11.4 Å². The smallest absolute Gasteiger partial charge is 0.241 e. The molecule has 0 radical (unpaired) electrons. The Hall–Kier alpha value is -3.23. The van der Waals surface area contributed by atoms with Gasteiger partial charge in [0.05, 0.1) is 20.2 Å². The average molecular weight is 450 g/mol. The van der Waals surface area contributed by atoms with E-state index in [4.69, 9.17) is 9.26 Å². The summed E-state index contributed by atoms with van der Waals surface area (Å²) < 4.78 is 10.8. The molecule has 0 saturated carbocycles. The highest BCUT2D eigenvalue weighted by molar-refractivity contribution is 5.78. The minimum absolute atomic E-state index is 0.0537. The second-order valence-electron chi connectivity index (χ2n) is 8.34. The van der Waals surface area contributed by atoms with Gasteiger partial charge in [0.25, 0.3) is 0 Å². The van der Waals surface area contributed by atoms with Crippen LogP contribution in [0.15, 0.2) is 53.1 Å². The average Bonchev–Trinajstić information content (AvgIpc) is 3.29. The highest BCUT2D eigenvalue weighted by atomic mass is 16.5. The van der Waals surface area contributed by atoms with Gasteiger partial charge in [0.15, 0.2) is 0 Å². The fraction of sp³-hybridized carbons (Fsp3) is 0.400. The molecule has 8 nitrogen and oxygen atoms in total. The summed E-state index contributed by atoms with van der Waals surface area (Å²) in [4.78, 5) is 21.4. The van der Waals surface area contributed by atoms with E-state index < -0.39 is 0 Å². The largest absolute Gasteiger partial charge is 0.496 e. The summed E-state index contributed by atoms with van der Waals surface area (Å²) in [5.41, 5.74) is 3.25. The lowest BCUT2D eigenvalue weighted by atomic mass is 10.1. The van der Waals surface area contributed by atoms with E-state index in [1.165, 1.54) is 5.56 Å². The van der Waals surface area contributed by atoms with Crippen LogP contribution >= 0.6 is 0 Å². The summed E-state index contributed by atoms with van der Waals surface area (Å²) >= 11 is 0. The molecule has 2 heterocycles. The monoisotopic (exact) mass is 449 g/mol. The van der Waals surface area contributed by atoms with Crippen molar-refractivity contribution in [1.82, 2.24) is 25.3 Å². The van der Waals surface area contributed by atoms with Crippen LogP contribution < -0.4 is 10.1 Å². The van der Waals surface area contributed by atoms with Crippen molar-refractivity contribution in [1.29, 1.82) is 0 Å². The van der Waals surface area contributed by atoms with Crippen molar-refractivity contribution in [2.75, 3.05) is 46.4 Å². The lowest BCUT2D eigenvalue weighted by Gasteiger charge is -2.33. The first-order valence-corrected chi connectivity index (χ1v) is 11.3. The number of amides is 1. The third-order valence-corrected chi connectivity index (χ3v) is 5.88. The molecule has 1 saturated heterocycles. The Morgan fingerprint density at radius 1 is 1.06 bits per heavy atom. The zero-order valence-electron chi connectivity index (χ0n) is 19.3. The zero-order valence-corrected chi connectivity index (χ0v) is 19.3. The van der Waals surface area contributed by atoms with Crippen LogP contribution in [0.4, 0.5) is 0 Å². The molecule has 0 aliphatic carbocycles. The normalized spacial score (nSPS) is 14.8. The number of methoxy groups -OCH3 is 1. The van der Waals surface area contributed by atoms with E-state index in [1.807, 2.05) is 48.5 Å². The SMILES string of the molecule is COc1ccccc1CCNC(=O)CN1CCN(Cc2nc(-c3ccc(C)cc3)no2)CC1. The first-order chi connectivity index (χ1) is 16.1. The molecule has 4 rings (SSSR count). The van der Waals surface area contributed by atoms with Crippen LogP contribution in [-0.2, 0) is 17.8 Å². The van der Waals surface area contributed by atoms with Crippen LogP contribution in [0.5, 0.6) is 5.75 Å². The Morgan fingerprint density at radius 2 is 1.79 bits per heavy atom. The van der Waals surface area contributed by atoms with Crippen LogP contribution in [-0.4, -0.2) is 72.2 Å². The lowest BCUT2D eigenvalue weighted by Crippen LogP contribution is -2.49. The van der Waals surface area contributed by atoms with Crippen molar-refractivity contribution in [2.24, 2.45) is 0 Å². The third kappa shape index (κ3) is 6.40. The molecule has 1 N–H and O–H groups in total. The number of ether oxygens (including phenoxy) is 1. The van der Waals surface area contributed by atoms with Crippen molar-refractivity contribution in [2.45, 2.75) is 19.9 Å². The maximum Gasteiger partial charge on any atom is 0.241 e. The van der Waals surface area contributed by atoms with Crippen molar-refractivity contribution < 1.29 is 14.1 Å². The van der Waals surface area contributed by atoms with Gasteiger partial charge in [-0.25, -0.2) is 0 Å². The fourth-order valence-corrected chi connectivity index (χ4v) is 3.94. The quantitative estimate of drug-likeness (QED) is 0.537. The highest BCUT2D eigenvalue weighted by Crippen LogP contribution is 2.18. The van der Waals surface area contributed by atoms with Gasteiger partial charge in [0.2, 0.25) is 17.6 Å². The Balaban J connectivity index is 1.17. The maximum absolute atomic E-state index is 12.4. The third-order valence-electron chi connectivity index (χ3n) is 5.88. The van der Waals surface area contributed by atoms with Gasteiger partial charge in [-0.1, -0.05) is 53.2 Å². The molecule has 1 aliphatic rings. The van der Waals surface area contributed by atoms with Crippen LogP contribution in [0.3, 0.4) is 0 Å². The van der Waals surface area contributed by atoms with Gasteiger partial charge >= 0.3 is 0 Å². The molecule has 33 heavy (non-hydrogen) atoms. The molecule has 1 aliphatic heterocycles. The number of hydrogen-bond acceptors (Lipinski definition) is 7. The number of para-hydroxylation sites is 1. The van der Waals surface area contributed by atoms with Gasteiger partial charge in [0.1, 0.15) is 5.75 Å². The van der Waals surface area contributed by atoms with Gasteiger partial charge in [-0.2, -0.15) is 4.98 Å². The topological polar surface area (TPSA) is 83.7 Å². The van der Waals surface area contributed by atoms with Gasteiger partial charge in [0, 0.05) is 38.3 Å². The fourth-order valence-electron chi connectivity index (χ4n) is 3.94. The van der Waals surface area contributed by atoms with Gasteiger partial charge in [-0.3, -0.25) is 14.6 Å². The van der Waals surface area contributed by atoms with Crippen LogP contribution in [0, 0.1) is 6.92 Å². The van der Waals surface area contributed by atoms with E-state index in [1.54, 1.807) is 7.11 Å². The summed E-state index contributed by atoms with van der Waals surface area (Å²) in [6.07, 6.45) is 0.748. The number of aryl methyl sites for hydroxylation is 1. The van der Waals surface area contributed by atoms with Crippen molar-refractivity contribution in [3.63, 3.8) is 0 Å². The minimum atomic E-state index is 0.0537. The van der Waals surface area contributed by atoms with E-state index in [2.05, 4.69) is 32.2 Å². The molecule has 0 atom stereocenters. The first-order valence-electron chi connectivity index (χ1n) is 11.3. The summed E-state index contributed by atoms with van der Waals surface area (Å²) in [6, 6.07) is 16.0. The van der Waals surface area contributed by atoms with Crippen molar-refractivity contribution >= 4 is 5.91 Å². The van der Waals surface area contributed by atoms with E-state index >= 15 is 0 Å². The standard InChI is InChI=1S/C25H31N5O3/c1-19-7-9-21(10-8-19)25-27-24(33-28-25)18-30-15-13-29(14-16-30)17-23(31)26-12-11-20-5-3-4-6-22(20)32-2/h3-10H,11-18H2,1-2H3,(H,26,31). The number of nitrogens with one attached hydrogen (secondary N) is 1. The van der Waals surface area contributed by atoms with E-state index in [0.717, 1.165) is 49.5 Å². The first kappa shape index (κ1) is 22.9. The molecule has 3 aromatic rings. The molecule has 1 aromatic heterocycles. The van der Waals surface area contributed by atoms with Gasteiger partial charge < -0.3 is 14.6 Å². The molecule has 0 spiro atoms. The van der Waals surface area contributed by atoms with E-state index in [0.29, 0.717) is 31.3 Å². The molecular weight excluding hydrogens is 418 g/mol. The second-order valence-corrected chi connectivity index (χ2v) is 8.34. The van der Waals surface area contributed by atoms with E-state index in [-0.39, 0.29) is 5.91 Å². The summed E-state index contributed by atoms with van der Waals surface area (Å²) in [5.74, 6) is 2.15. The Morgan fingerprint density at radius 3 is 2.55 bits per heavy atom. The van der Waals surface area contributed by atoms with Crippen LogP contribution in [0.2, 0.25) is 0 Å². The summed E-state index contributed by atoms with van der Waals surface area (Å²) in [5, 5.41) is 7.13. The van der Waals surface area contributed by atoms with Gasteiger partial charge in [-0.05, 0) is 25.0 Å². The zero-order chi connectivity index (χ0) is 23.0. The number of nitrogens with zero attached hydrogens (tertiary/aromatic N) is 4. The molecule has 2 aromatic carbocycles. The predicted molar refractivity (Wildman–Crippen MR) is 126 cm³/mol. The molecule has 1 fully saturated rings. The minimum Gasteiger partial charge on any atom is -0.496 e. The number of rotatable bonds is 9. The molecule has 0 bridgehead atoms. The summed E-state index contributed by atoms with van der Waals surface area (Å²) in [6.45, 7) is 7.07. The Kier molecular flexibility index (Phi) is 7.70. The van der Waals surface area contributed by atoms with E-state index in [9.17, 15) is 4.79 Å². The summed E-state index contributed by atoms with van der Waals surface area (Å²) in [7, 11) is 1.67. The Labute approximate surface area is 194 Å². The van der Waals surface area contributed by atoms with Gasteiger partial charge in [-0.15, -0.1) is 0 Å². The molecule has 0 unspecified atom stereocenters. The predicted octanol–water partition coefficient (Wildman–Crippen LogP) is 2.53. The number of carbonyl (C=O) groups excluding carboxylic acids is 1. The number of carbonyl (C=O) groups is 1. The molecule has 8 heteroatoms. The molecule has 174 valence electrons. The van der Waals surface area contributed by atoms with Crippen molar-refractivity contribution in [3.8, 4) is 17.1 Å². The second kappa shape index (κ2) is 11.1. The highest BCUT2D eigenvalue weighted by Gasteiger charge is 2.21. The maximum atomic E-state index is 12.4. The lowest BCUT2D eigenvalue weighted by molar-refractivity contribution is -0.122. The number of benzene rings is 2. The number of aromatic nitrogens is 2. The van der Waals surface area contributed by atoms with Crippen molar-refractivity contribution in [3.05, 3.63) is 65.5 Å². The number of hydrogen-bond donors (Lipinski definition) is 1. The van der Waals surface area contributed by atoms with Crippen LogP contribution in [0.1, 0.15) is 17.0 Å². The molecule has 1 amide bonds. The Bertz CT molecular complexity index is 1040. The molecular formula is C25H31N5O3.